The van der Waals surface area contributed by atoms with Gasteiger partial charge in [-0.2, -0.15) is 0 Å². The summed E-state index contributed by atoms with van der Waals surface area (Å²) < 4.78 is 5.57. The van der Waals surface area contributed by atoms with E-state index in [2.05, 4.69) is 15.3 Å². The molecule has 1 aromatic carbocycles. The Kier molecular flexibility index (Phi) is 5.17. The number of aryl methyl sites for hydroxylation is 1. The van der Waals surface area contributed by atoms with E-state index in [-0.39, 0.29) is 5.91 Å². The minimum Gasteiger partial charge on any atom is -0.494 e. The van der Waals surface area contributed by atoms with Gasteiger partial charge >= 0.3 is 0 Å². The number of imidazole rings is 1. The standard InChI is InChI=1S/C15H19N3O2/c1-12-4-6-14(7-5-12)20-8-2-3-15(19)17-10-13-9-16-11-18-13/h4-7,9,11H,2-3,8,10H2,1H3,(H,16,18)(H,17,19). The lowest BCUT2D eigenvalue weighted by molar-refractivity contribution is -0.121. The first kappa shape index (κ1) is 14.1. The van der Waals surface area contributed by atoms with Gasteiger partial charge in [0.1, 0.15) is 5.75 Å². The molecule has 0 saturated heterocycles. The summed E-state index contributed by atoms with van der Waals surface area (Å²) in [5.41, 5.74) is 2.10. The third-order valence-electron chi connectivity index (χ3n) is 2.87. The first-order valence-electron chi connectivity index (χ1n) is 6.67. The summed E-state index contributed by atoms with van der Waals surface area (Å²) in [5.74, 6) is 0.862. The molecule has 0 spiro atoms. The highest BCUT2D eigenvalue weighted by molar-refractivity contribution is 5.75. The van der Waals surface area contributed by atoms with Gasteiger partial charge in [-0.3, -0.25) is 4.79 Å². The molecule has 1 heterocycles. The van der Waals surface area contributed by atoms with Gasteiger partial charge in [0.2, 0.25) is 5.91 Å². The van der Waals surface area contributed by atoms with Crippen LogP contribution in [0.2, 0.25) is 0 Å². The van der Waals surface area contributed by atoms with Crippen LogP contribution in [0.4, 0.5) is 0 Å². The van der Waals surface area contributed by atoms with Gasteiger partial charge in [0.05, 0.1) is 25.2 Å². The van der Waals surface area contributed by atoms with Crippen LogP contribution in [-0.4, -0.2) is 22.5 Å². The molecule has 2 N–H and O–H groups in total. The zero-order chi connectivity index (χ0) is 14.2. The van der Waals surface area contributed by atoms with Gasteiger partial charge in [0.25, 0.3) is 0 Å². The Morgan fingerprint density at radius 1 is 1.35 bits per heavy atom. The van der Waals surface area contributed by atoms with E-state index in [9.17, 15) is 4.79 Å². The number of rotatable bonds is 7. The highest BCUT2D eigenvalue weighted by Gasteiger charge is 2.02. The zero-order valence-corrected chi connectivity index (χ0v) is 11.6. The molecular formula is C15H19N3O2. The number of H-pyrrole nitrogens is 1. The number of nitrogens with one attached hydrogen (secondary N) is 2. The second kappa shape index (κ2) is 7.33. The number of benzene rings is 1. The summed E-state index contributed by atoms with van der Waals surface area (Å²) >= 11 is 0. The van der Waals surface area contributed by atoms with E-state index in [0.29, 0.717) is 26.0 Å². The van der Waals surface area contributed by atoms with Crippen molar-refractivity contribution >= 4 is 5.91 Å². The Labute approximate surface area is 118 Å². The van der Waals surface area contributed by atoms with Crippen molar-refractivity contribution < 1.29 is 9.53 Å². The highest BCUT2D eigenvalue weighted by atomic mass is 16.5. The number of aromatic nitrogens is 2. The van der Waals surface area contributed by atoms with Crippen molar-refractivity contribution in [3.05, 3.63) is 48.0 Å². The first-order valence-corrected chi connectivity index (χ1v) is 6.67. The summed E-state index contributed by atoms with van der Waals surface area (Å²) in [4.78, 5) is 18.4. The summed E-state index contributed by atoms with van der Waals surface area (Å²) in [5, 5.41) is 2.83. The number of nitrogens with zero attached hydrogens (tertiary/aromatic N) is 1. The Morgan fingerprint density at radius 2 is 2.15 bits per heavy atom. The molecule has 0 aliphatic heterocycles. The highest BCUT2D eigenvalue weighted by Crippen LogP contribution is 2.11. The molecule has 2 rings (SSSR count). The van der Waals surface area contributed by atoms with Crippen molar-refractivity contribution in [2.24, 2.45) is 0 Å². The maximum absolute atomic E-state index is 11.6. The SMILES string of the molecule is Cc1ccc(OCCCC(=O)NCc2cnc[nH]2)cc1. The molecule has 0 bridgehead atoms. The summed E-state index contributed by atoms with van der Waals surface area (Å²) in [7, 11) is 0. The van der Waals surface area contributed by atoms with Crippen LogP contribution in [0.15, 0.2) is 36.8 Å². The van der Waals surface area contributed by atoms with Crippen LogP contribution in [0, 0.1) is 6.92 Å². The molecule has 1 aromatic heterocycles. The molecule has 106 valence electrons. The second-order valence-electron chi connectivity index (χ2n) is 4.62. The number of carbonyl (C=O) groups is 1. The summed E-state index contributed by atoms with van der Waals surface area (Å²) in [6.07, 6.45) is 4.44. The van der Waals surface area contributed by atoms with Crippen LogP contribution in [0.3, 0.4) is 0 Å². The van der Waals surface area contributed by atoms with E-state index < -0.39 is 0 Å². The van der Waals surface area contributed by atoms with E-state index in [1.807, 2.05) is 31.2 Å². The van der Waals surface area contributed by atoms with Gasteiger partial charge < -0.3 is 15.0 Å². The number of amides is 1. The lowest BCUT2D eigenvalue weighted by Crippen LogP contribution is -2.23. The van der Waals surface area contributed by atoms with Gasteiger partial charge in [-0.1, -0.05) is 17.7 Å². The molecule has 20 heavy (non-hydrogen) atoms. The average Bonchev–Trinajstić information content (AvgIpc) is 2.96. The van der Waals surface area contributed by atoms with Gasteiger partial charge in [-0.05, 0) is 25.5 Å². The number of ether oxygens (including phenoxy) is 1. The minimum absolute atomic E-state index is 0.0205. The predicted octanol–water partition coefficient (Wildman–Crippen LogP) is 2.19. The van der Waals surface area contributed by atoms with Crippen LogP contribution in [0.25, 0.3) is 0 Å². The first-order chi connectivity index (χ1) is 9.74. The van der Waals surface area contributed by atoms with Crippen LogP contribution in [0.1, 0.15) is 24.1 Å². The molecule has 0 aliphatic carbocycles. The molecule has 0 radical (unpaired) electrons. The average molecular weight is 273 g/mol. The van der Waals surface area contributed by atoms with Gasteiger partial charge in [-0.25, -0.2) is 4.98 Å². The van der Waals surface area contributed by atoms with Crippen molar-refractivity contribution in [3.63, 3.8) is 0 Å². The number of hydrogen-bond donors (Lipinski definition) is 2. The monoisotopic (exact) mass is 273 g/mol. The normalized spacial score (nSPS) is 10.2. The second-order valence-corrected chi connectivity index (χ2v) is 4.62. The van der Waals surface area contributed by atoms with Crippen LogP contribution in [-0.2, 0) is 11.3 Å². The predicted molar refractivity (Wildman–Crippen MR) is 76.3 cm³/mol. The Morgan fingerprint density at radius 3 is 2.85 bits per heavy atom. The van der Waals surface area contributed by atoms with Crippen molar-refractivity contribution in [1.82, 2.24) is 15.3 Å². The third kappa shape index (κ3) is 4.76. The van der Waals surface area contributed by atoms with Crippen molar-refractivity contribution in [3.8, 4) is 5.75 Å². The Balaban J connectivity index is 1.58. The number of hydrogen-bond acceptors (Lipinski definition) is 3. The molecule has 0 atom stereocenters. The molecular weight excluding hydrogens is 254 g/mol. The fourth-order valence-electron chi connectivity index (χ4n) is 1.72. The van der Waals surface area contributed by atoms with Gasteiger partial charge in [0, 0.05) is 12.6 Å². The smallest absolute Gasteiger partial charge is 0.220 e. The lowest BCUT2D eigenvalue weighted by Gasteiger charge is -2.06. The van der Waals surface area contributed by atoms with E-state index in [1.54, 1.807) is 12.5 Å². The largest absolute Gasteiger partial charge is 0.494 e. The van der Waals surface area contributed by atoms with Crippen molar-refractivity contribution in [1.29, 1.82) is 0 Å². The minimum atomic E-state index is 0.0205. The third-order valence-corrected chi connectivity index (χ3v) is 2.87. The Bertz CT molecular complexity index is 521. The van der Waals surface area contributed by atoms with Gasteiger partial charge in [0.15, 0.2) is 0 Å². The van der Waals surface area contributed by atoms with E-state index >= 15 is 0 Å². The van der Waals surface area contributed by atoms with Crippen molar-refractivity contribution in [2.45, 2.75) is 26.3 Å². The lowest BCUT2D eigenvalue weighted by atomic mass is 10.2. The molecule has 0 saturated carbocycles. The fourth-order valence-corrected chi connectivity index (χ4v) is 1.72. The topological polar surface area (TPSA) is 67.0 Å². The quantitative estimate of drug-likeness (QED) is 0.760. The summed E-state index contributed by atoms with van der Waals surface area (Å²) in [6, 6.07) is 7.89. The molecule has 0 unspecified atom stereocenters. The van der Waals surface area contributed by atoms with E-state index in [0.717, 1.165) is 11.4 Å². The molecule has 0 fully saturated rings. The van der Waals surface area contributed by atoms with Crippen LogP contribution >= 0.6 is 0 Å². The van der Waals surface area contributed by atoms with Crippen LogP contribution in [0.5, 0.6) is 5.75 Å². The maximum atomic E-state index is 11.6. The summed E-state index contributed by atoms with van der Waals surface area (Å²) in [6.45, 7) is 3.06. The van der Waals surface area contributed by atoms with Crippen molar-refractivity contribution in [2.75, 3.05) is 6.61 Å². The zero-order valence-electron chi connectivity index (χ0n) is 11.6. The molecule has 2 aromatic rings. The molecule has 0 aliphatic rings. The molecule has 5 heteroatoms. The van der Waals surface area contributed by atoms with Gasteiger partial charge in [-0.15, -0.1) is 0 Å². The van der Waals surface area contributed by atoms with Crippen LogP contribution < -0.4 is 10.1 Å². The van der Waals surface area contributed by atoms with E-state index in [1.165, 1.54) is 5.56 Å². The molecule has 1 amide bonds. The Hall–Kier alpha value is -2.30. The molecule has 5 nitrogen and oxygen atoms in total. The number of aromatic amines is 1. The van der Waals surface area contributed by atoms with E-state index in [4.69, 9.17) is 4.74 Å². The fraction of sp³-hybridized carbons (Fsp3) is 0.333. The number of carbonyl (C=O) groups excluding carboxylic acids is 1. The maximum Gasteiger partial charge on any atom is 0.220 e.